The molecule has 1 fully saturated rings. The fourth-order valence-corrected chi connectivity index (χ4v) is 4.42. The number of hydrogen-bond acceptors (Lipinski definition) is 3. The van der Waals surface area contributed by atoms with Crippen LogP contribution in [0, 0.1) is 17.6 Å². The lowest BCUT2D eigenvalue weighted by atomic mass is 9.96. The molecule has 2 heterocycles. The Labute approximate surface area is 195 Å². The maximum atomic E-state index is 14.3. The summed E-state index contributed by atoms with van der Waals surface area (Å²) < 4.78 is 29.9. The molecule has 0 radical (unpaired) electrons. The number of aliphatic carboxylic acids is 1. The van der Waals surface area contributed by atoms with Gasteiger partial charge in [0.05, 0.1) is 5.92 Å². The van der Waals surface area contributed by atoms with Gasteiger partial charge < -0.3 is 19.5 Å². The van der Waals surface area contributed by atoms with Gasteiger partial charge in [0.15, 0.2) is 0 Å². The Morgan fingerprint density at radius 1 is 1.06 bits per heavy atom. The normalized spacial score (nSPS) is 13.7. The zero-order chi connectivity index (χ0) is 24.6. The molecule has 2 amide bonds. The molecule has 3 aromatic rings. The second-order valence-electron chi connectivity index (χ2n) is 8.50. The molecule has 1 aliphatic rings. The maximum Gasteiger partial charge on any atom is 0.323 e. The number of carbonyl (C=O) groups excluding carboxylic acids is 2. The molecule has 1 saturated heterocycles. The second-order valence-corrected chi connectivity index (χ2v) is 8.50. The largest absolute Gasteiger partial charge is 0.480 e. The minimum Gasteiger partial charge on any atom is -0.480 e. The van der Waals surface area contributed by atoms with Crippen molar-refractivity contribution in [1.82, 2.24) is 14.4 Å². The van der Waals surface area contributed by atoms with Crippen molar-refractivity contribution in [2.45, 2.75) is 26.9 Å². The van der Waals surface area contributed by atoms with Crippen molar-refractivity contribution in [2.75, 3.05) is 19.6 Å². The molecule has 0 atom stereocenters. The third kappa shape index (κ3) is 4.50. The smallest absolute Gasteiger partial charge is 0.323 e. The van der Waals surface area contributed by atoms with Gasteiger partial charge in [-0.05, 0) is 48.4 Å². The molecule has 0 aliphatic carbocycles. The highest BCUT2D eigenvalue weighted by molar-refractivity contribution is 5.97. The Morgan fingerprint density at radius 3 is 2.38 bits per heavy atom. The van der Waals surface area contributed by atoms with Crippen LogP contribution in [0.1, 0.15) is 19.4 Å². The highest BCUT2D eigenvalue weighted by Crippen LogP contribution is 2.35. The Kier molecular flexibility index (Phi) is 6.37. The lowest BCUT2D eigenvalue weighted by molar-refractivity contribution is -0.147. The van der Waals surface area contributed by atoms with Gasteiger partial charge in [-0.25, -0.2) is 8.78 Å². The molecule has 178 valence electrons. The summed E-state index contributed by atoms with van der Waals surface area (Å²) in [6.45, 7) is 4.21. The molecule has 0 saturated carbocycles. The third-order valence-corrected chi connectivity index (χ3v) is 6.24. The topological polar surface area (TPSA) is 82.8 Å². The standard InChI is InChI=1S/C25H25F2N3O4/c1-3-28(25(34)17-11-29(12-17)15(2)31)10-16-8-18(26)4-6-20(16)22-13-30(14-24(32)33)23-7-5-19(27)9-21(22)23/h4-9,13,17H,3,10-12,14H2,1-2H3,(H,32,33). The summed E-state index contributed by atoms with van der Waals surface area (Å²) in [5, 5.41) is 9.78. The number of benzene rings is 2. The molecule has 9 heteroatoms. The predicted octanol–water partition coefficient (Wildman–Crippen LogP) is 3.50. The van der Waals surface area contributed by atoms with E-state index in [1.807, 2.05) is 6.92 Å². The van der Waals surface area contributed by atoms with E-state index >= 15 is 0 Å². The molecule has 1 aromatic heterocycles. The van der Waals surface area contributed by atoms with Crippen molar-refractivity contribution in [1.29, 1.82) is 0 Å². The maximum absolute atomic E-state index is 14.3. The quantitative estimate of drug-likeness (QED) is 0.574. The molecule has 2 aromatic carbocycles. The van der Waals surface area contributed by atoms with Gasteiger partial charge in [-0.3, -0.25) is 14.4 Å². The minimum atomic E-state index is -1.05. The second kappa shape index (κ2) is 9.24. The van der Waals surface area contributed by atoms with Crippen LogP contribution in [0.3, 0.4) is 0 Å². The Bertz CT molecular complexity index is 1280. The van der Waals surface area contributed by atoms with Crippen LogP contribution in [0.4, 0.5) is 8.78 Å². The number of carbonyl (C=O) groups is 3. The predicted molar refractivity (Wildman–Crippen MR) is 122 cm³/mol. The van der Waals surface area contributed by atoms with E-state index in [1.54, 1.807) is 22.1 Å². The first-order valence-corrected chi connectivity index (χ1v) is 11.0. The van der Waals surface area contributed by atoms with E-state index in [0.29, 0.717) is 47.2 Å². The van der Waals surface area contributed by atoms with Gasteiger partial charge in [-0.2, -0.15) is 0 Å². The lowest BCUT2D eigenvalue weighted by Crippen LogP contribution is -2.55. The molecule has 0 bridgehead atoms. The van der Waals surface area contributed by atoms with Crippen molar-refractivity contribution in [3.05, 3.63) is 59.8 Å². The van der Waals surface area contributed by atoms with Crippen molar-refractivity contribution in [2.24, 2.45) is 5.92 Å². The summed E-state index contributed by atoms with van der Waals surface area (Å²) in [4.78, 5) is 39.0. The van der Waals surface area contributed by atoms with Crippen LogP contribution in [0.25, 0.3) is 22.0 Å². The van der Waals surface area contributed by atoms with E-state index in [4.69, 9.17) is 0 Å². The molecule has 34 heavy (non-hydrogen) atoms. The van der Waals surface area contributed by atoms with E-state index in [0.717, 1.165) is 0 Å². The van der Waals surface area contributed by atoms with E-state index < -0.39 is 17.6 Å². The summed E-state index contributed by atoms with van der Waals surface area (Å²) in [7, 11) is 0. The summed E-state index contributed by atoms with van der Waals surface area (Å²) in [6, 6.07) is 8.29. The molecular formula is C25H25F2N3O4. The summed E-state index contributed by atoms with van der Waals surface area (Å²) in [5.41, 5.74) is 2.21. The van der Waals surface area contributed by atoms with Gasteiger partial charge in [0.2, 0.25) is 11.8 Å². The number of hydrogen-bond donors (Lipinski definition) is 1. The minimum absolute atomic E-state index is 0.0792. The summed E-state index contributed by atoms with van der Waals surface area (Å²) >= 11 is 0. The fraction of sp³-hybridized carbons (Fsp3) is 0.320. The number of amides is 2. The Hall–Kier alpha value is -3.75. The number of carboxylic acid groups (broad SMARTS) is 1. The summed E-state index contributed by atoms with van der Waals surface area (Å²) in [5.74, 6) is -2.49. The number of carboxylic acids is 1. The SMILES string of the molecule is CCN(Cc1cc(F)ccc1-c1cn(CC(=O)O)c2ccc(F)cc12)C(=O)C1CN(C(C)=O)C1. The van der Waals surface area contributed by atoms with E-state index in [-0.39, 0.29) is 30.8 Å². The van der Waals surface area contributed by atoms with Gasteiger partial charge in [-0.1, -0.05) is 6.07 Å². The van der Waals surface area contributed by atoms with Crippen LogP contribution in [-0.4, -0.2) is 56.9 Å². The number of fused-ring (bicyclic) bond motifs is 1. The van der Waals surface area contributed by atoms with Crippen molar-refractivity contribution in [3.63, 3.8) is 0 Å². The van der Waals surface area contributed by atoms with Crippen molar-refractivity contribution in [3.8, 4) is 11.1 Å². The molecule has 7 nitrogen and oxygen atoms in total. The average Bonchev–Trinajstić information content (AvgIpc) is 3.07. The number of likely N-dealkylation sites (tertiary alicyclic amines) is 1. The van der Waals surface area contributed by atoms with Crippen LogP contribution in [0.5, 0.6) is 0 Å². The van der Waals surface area contributed by atoms with Gasteiger partial charge in [-0.15, -0.1) is 0 Å². The van der Waals surface area contributed by atoms with Gasteiger partial charge >= 0.3 is 5.97 Å². The van der Waals surface area contributed by atoms with Gasteiger partial charge in [0.1, 0.15) is 18.2 Å². The Balaban J connectivity index is 1.71. The molecule has 0 spiro atoms. The van der Waals surface area contributed by atoms with Gasteiger partial charge in [0.25, 0.3) is 0 Å². The number of halogens is 2. The number of aromatic nitrogens is 1. The van der Waals surface area contributed by atoms with Crippen molar-refractivity contribution >= 4 is 28.7 Å². The monoisotopic (exact) mass is 469 g/mol. The summed E-state index contributed by atoms with van der Waals surface area (Å²) in [6.07, 6.45) is 1.61. The average molecular weight is 469 g/mol. The molecular weight excluding hydrogens is 444 g/mol. The highest BCUT2D eigenvalue weighted by atomic mass is 19.1. The van der Waals surface area contributed by atoms with Crippen LogP contribution in [0.15, 0.2) is 42.6 Å². The van der Waals surface area contributed by atoms with E-state index in [9.17, 15) is 28.3 Å². The van der Waals surface area contributed by atoms with Crippen LogP contribution < -0.4 is 0 Å². The first-order chi connectivity index (χ1) is 16.2. The van der Waals surface area contributed by atoms with E-state index in [1.165, 1.54) is 41.8 Å². The first kappa shape index (κ1) is 23.4. The molecule has 0 unspecified atom stereocenters. The zero-order valence-electron chi connectivity index (χ0n) is 18.9. The van der Waals surface area contributed by atoms with Crippen molar-refractivity contribution < 1.29 is 28.3 Å². The van der Waals surface area contributed by atoms with Crippen LogP contribution >= 0.6 is 0 Å². The third-order valence-electron chi connectivity index (χ3n) is 6.24. The number of rotatable bonds is 7. The first-order valence-electron chi connectivity index (χ1n) is 11.0. The van der Waals surface area contributed by atoms with Crippen LogP contribution in [-0.2, 0) is 27.5 Å². The molecule has 4 rings (SSSR count). The fourth-order valence-electron chi connectivity index (χ4n) is 4.42. The molecule has 1 N–H and O–H groups in total. The Morgan fingerprint density at radius 2 is 1.74 bits per heavy atom. The lowest BCUT2D eigenvalue weighted by Gasteiger charge is -2.40. The highest BCUT2D eigenvalue weighted by Gasteiger charge is 2.36. The molecule has 1 aliphatic heterocycles. The van der Waals surface area contributed by atoms with Gasteiger partial charge in [0, 0.05) is 55.8 Å². The van der Waals surface area contributed by atoms with Crippen LogP contribution in [0.2, 0.25) is 0 Å². The zero-order valence-corrected chi connectivity index (χ0v) is 18.9. The van der Waals surface area contributed by atoms with E-state index in [2.05, 4.69) is 0 Å². The number of nitrogens with zero attached hydrogens (tertiary/aromatic N) is 3.